The van der Waals surface area contributed by atoms with Gasteiger partial charge in [0, 0.05) is 50.7 Å². The van der Waals surface area contributed by atoms with Crippen molar-refractivity contribution in [3.63, 3.8) is 0 Å². The number of benzene rings is 1. The van der Waals surface area contributed by atoms with Gasteiger partial charge in [-0.25, -0.2) is 14.4 Å². The van der Waals surface area contributed by atoms with Crippen LogP contribution in [0.15, 0.2) is 30.6 Å². The fourth-order valence-electron chi connectivity index (χ4n) is 2.84. The summed E-state index contributed by atoms with van der Waals surface area (Å²) in [6, 6.07) is 4.04. The highest BCUT2D eigenvalue weighted by atomic mass is 19.1. The van der Waals surface area contributed by atoms with E-state index in [9.17, 15) is 14.0 Å². The zero-order chi connectivity index (χ0) is 18.0. The first-order chi connectivity index (χ1) is 12.0. The molecule has 1 aliphatic heterocycles. The molecule has 2 heterocycles. The Bertz CT molecular complexity index is 809. The molecule has 0 bridgehead atoms. The van der Waals surface area contributed by atoms with Crippen molar-refractivity contribution >= 4 is 23.5 Å². The van der Waals surface area contributed by atoms with Crippen LogP contribution in [0.4, 0.5) is 16.0 Å². The first-order valence-corrected chi connectivity index (χ1v) is 7.81. The number of carbonyl (C=O) groups is 2. The second kappa shape index (κ2) is 6.84. The Labute approximate surface area is 144 Å². The van der Waals surface area contributed by atoms with Crippen molar-refractivity contribution < 1.29 is 14.0 Å². The van der Waals surface area contributed by atoms with E-state index in [4.69, 9.17) is 0 Å². The first kappa shape index (κ1) is 16.8. The second-order valence-corrected chi connectivity index (χ2v) is 5.90. The smallest absolute Gasteiger partial charge is 0.230 e. The summed E-state index contributed by atoms with van der Waals surface area (Å²) < 4.78 is 13.6. The fourth-order valence-corrected chi connectivity index (χ4v) is 2.84. The highest BCUT2D eigenvalue weighted by molar-refractivity contribution is 6.01. The first-order valence-electron chi connectivity index (χ1n) is 7.81. The summed E-state index contributed by atoms with van der Waals surface area (Å²) in [6.45, 7) is 0.297. The molecular formula is C17H18FN5O2. The SMILES string of the molecule is CNc1ncc(CN(C)C(=O)[C@H]2CC(=O)Nc3ccc(F)cc32)cn1. The van der Waals surface area contributed by atoms with E-state index in [2.05, 4.69) is 20.6 Å². The lowest BCUT2D eigenvalue weighted by atomic mass is 9.89. The van der Waals surface area contributed by atoms with E-state index in [1.807, 2.05) is 0 Å². The molecule has 0 saturated heterocycles. The summed E-state index contributed by atoms with van der Waals surface area (Å²) in [7, 11) is 3.36. The van der Waals surface area contributed by atoms with Gasteiger partial charge in [-0.3, -0.25) is 9.59 Å². The third-order valence-corrected chi connectivity index (χ3v) is 4.08. The van der Waals surface area contributed by atoms with E-state index in [0.717, 1.165) is 5.56 Å². The minimum absolute atomic E-state index is 0.00514. The number of anilines is 2. The van der Waals surface area contributed by atoms with Crippen LogP contribution in [-0.4, -0.2) is 40.8 Å². The number of nitrogens with one attached hydrogen (secondary N) is 2. The minimum Gasteiger partial charge on any atom is -0.357 e. The van der Waals surface area contributed by atoms with E-state index in [0.29, 0.717) is 23.7 Å². The molecule has 2 aromatic rings. The molecule has 0 aliphatic carbocycles. The molecule has 2 amide bonds. The predicted molar refractivity (Wildman–Crippen MR) is 90.4 cm³/mol. The standard InChI is InChI=1S/C17H18FN5O2/c1-19-17-20-7-10(8-21-17)9-23(2)16(25)13-6-15(24)22-14-4-3-11(18)5-12(13)14/h3-5,7-8,13H,6,9H2,1-2H3,(H,22,24)(H,19,20,21)/t13-/m0/s1. The van der Waals surface area contributed by atoms with Crippen molar-refractivity contribution in [2.75, 3.05) is 24.7 Å². The summed E-state index contributed by atoms with van der Waals surface area (Å²) in [5.74, 6) is -1.16. The fraction of sp³-hybridized carbons (Fsp3) is 0.294. The molecule has 8 heteroatoms. The number of nitrogens with zero attached hydrogens (tertiary/aromatic N) is 3. The van der Waals surface area contributed by atoms with Crippen molar-refractivity contribution in [2.24, 2.45) is 0 Å². The van der Waals surface area contributed by atoms with E-state index < -0.39 is 11.7 Å². The van der Waals surface area contributed by atoms with E-state index in [1.54, 1.807) is 26.5 Å². The number of amides is 2. The van der Waals surface area contributed by atoms with Crippen molar-refractivity contribution in [1.82, 2.24) is 14.9 Å². The molecule has 0 unspecified atom stereocenters. The van der Waals surface area contributed by atoms with Gasteiger partial charge in [-0.05, 0) is 23.8 Å². The summed E-state index contributed by atoms with van der Waals surface area (Å²) >= 11 is 0. The molecule has 1 aromatic heterocycles. The van der Waals surface area contributed by atoms with Gasteiger partial charge in [0.05, 0.1) is 5.92 Å². The number of likely N-dealkylation sites (N-methyl/N-ethyl adjacent to an activating group) is 1. The van der Waals surface area contributed by atoms with E-state index >= 15 is 0 Å². The number of hydrogen-bond donors (Lipinski definition) is 2. The van der Waals surface area contributed by atoms with Crippen LogP contribution in [0.5, 0.6) is 0 Å². The molecule has 1 atom stereocenters. The van der Waals surface area contributed by atoms with Gasteiger partial charge in [-0.1, -0.05) is 0 Å². The van der Waals surface area contributed by atoms with Crippen LogP contribution in [0.1, 0.15) is 23.5 Å². The van der Waals surface area contributed by atoms with Crippen molar-refractivity contribution in [3.05, 3.63) is 47.5 Å². The van der Waals surface area contributed by atoms with Crippen LogP contribution < -0.4 is 10.6 Å². The molecule has 130 valence electrons. The molecule has 25 heavy (non-hydrogen) atoms. The number of rotatable bonds is 4. The van der Waals surface area contributed by atoms with Crippen LogP contribution in [0.25, 0.3) is 0 Å². The number of fused-ring (bicyclic) bond motifs is 1. The molecule has 0 radical (unpaired) electrons. The number of hydrogen-bond acceptors (Lipinski definition) is 5. The van der Waals surface area contributed by atoms with Crippen molar-refractivity contribution in [1.29, 1.82) is 0 Å². The second-order valence-electron chi connectivity index (χ2n) is 5.90. The Morgan fingerprint density at radius 2 is 2.12 bits per heavy atom. The summed E-state index contributed by atoms with van der Waals surface area (Å²) in [6.07, 6.45) is 3.25. The molecule has 7 nitrogen and oxygen atoms in total. The van der Waals surface area contributed by atoms with E-state index in [-0.39, 0.29) is 18.2 Å². The topological polar surface area (TPSA) is 87.2 Å². The van der Waals surface area contributed by atoms with Gasteiger partial charge in [0.2, 0.25) is 17.8 Å². The van der Waals surface area contributed by atoms with Crippen LogP contribution in [0, 0.1) is 5.82 Å². The van der Waals surface area contributed by atoms with Gasteiger partial charge in [0.15, 0.2) is 0 Å². The zero-order valence-electron chi connectivity index (χ0n) is 13.9. The van der Waals surface area contributed by atoms with Gasteiger partial charge >= 0.3 is 0 Å². The summed E-state index contributed by atoms with van der Waals surface area (Å²) in [5.41, 5.74) is 1.74. The third-order valence-electron chi connectivity index (χ3n) is 4.08. The van der Waals surface area contributed by atoms with Crippen molar-refractivity contribution in [2.45, 2.75) is 18.9 Å². The Kier molecular flexibility index (Phi) is 4.60. The Morgan fingerprint density at radius 1 is 1.40 bits per heavy atom. The zero-order valence-corrected chi connectivity index (χ0v) is 13.9. The number of halogens is 1. The minimum atomic E-state index is -0.707. The molecular weight excluding hydrogens is 325 g/mol. The van der Waals surface area contributed by atoms with Gasteiger partial charge in [-0.15, -0.1) is 0 Å². The Hall–Kier alpha value is -3.03. The van der Waals surface area contributed by atoms with Crippen LogP contribution in [-0.2, 0) is 16.1 Å². The van der Waals surface area contributed by atoms with Crippen LogP contribution >= 0.6 is 0 Å². The highest BCUT2D eigenvalue weighted by Crippen LogP contribution is 2.34. The number of aromatic nitrogens is 2. The van der Waals surface area contributed by atoms with Crippen LogP contribution in [0.3, 0.4) is 0 Å². The molecule has 0 saturated carbocycles. The Morgan fingerprint density at radius 3 is 2.80 bits per heavy atom. The highest BCUT2D eigenvalue weighted by Gasteiger charge is 2.32. The predicted octanol–water partition coefficient (Wildman–Crippen LogP) is 1.74. The average molecular weight is 343 g/mol. The Balaban J connectivity index is 1.80. The van der Waals surface area contributed by atoms with Gasteiger partial charge < -0.3 is 15.5 Å². The molecule has 0 spiro atoms. The average Bonchev–Trinajstić information content (AvgIpc) is 2.61. The molecule has 0 fully saturated rings. The quantitative estimate of drug-likeness (QED) is 0.883. The third kappa shape index (κ3) is 3.57. The van der Waals surface area contributed by atoms with Gasteiger partial charge in [0.25, 0.3) is 0 Å². The van der Waals surface area contributed by atoms with Crippen LogP contribution in [0.2, 0.25) is 0 Å². The van der Waals surface area contributed by atoms with Gasteiger partial charge in [0.1, 0.15) is 5.82 Å². The maximum Gasteiger partial charge on any atom is 0.230 e. The molecule has 1 aromatic carbocycles. The molecule has 3 rings (SSSR count). The summed E-state index contributed by atoms with van der Waals surface area (Å²) in [4.78, 5) is 34.4. The normalized spacial score (nSPS) is 16.0. The summed E-state index contributed by atoms with van der Waals surface area (Å²) in [5, 5.41) is 5.49. The number of carbonyl (C=O) groups excluding carboxylic acids is 2. The van der Waals surface area contributed by atoms with Gasteiger partial charge in [-0.2, -0.15) is 0 Å². The lowest BCUT2D eigenvalue weighted by molar-refractivity contribution is -0.134. The van der Waals surface area contributed by atoms with E-state index in [1.165, 1.54) is 23.1 Å². The lowest BCUT2D eigenvalue weighted by Crippen LogP contribution is -2.36. The largest absolute Gasteiger partial charge is 0.357 e. The monoisotopic (exact) mass is 343 g/mol. The molecule has 1 aliphatic rings. The van der Waals surface area contributed by atoms with Crippen molar-refractivity contribution in [3.8, 4) is 0 Å². The maximum absolute atomic E-state index is 13.6. The maximum atomic E-state index is 13.6. The molecule has 2 N–H and O–H groups in total. The lowest BCUT2D eigenvalue weighted by Gasteiger charge is -2.28.